The number of oxazole rings is 1. The molecule has 0 radical (unpaired) electrons. The zero-order valence-electron chi connectivity index (χ0n) is 9.85. The van der Waals surface area contributed by atoms with Crippen LogP contribution < -0.4 is 10.5 Å². The van der Waals surface area contributed by atoms with E-state index in [1.807, 2.05) is 18.2 Å². The minimum absolute atomic E-state index is 0.296. The summed E-state index contributed by atoms with van der Waals surface area (Å²) in [7, 11) is 1.65. The highest BCUT2D eigenvalue weighted by Gasteiger charge is 2.27. The van der Waals surface area contributed by atoms with Gasteiger partial charge in [0.25, 0.3) is 0 Å². The molecule has 0 saturated heterocycles. The first-order chi connectivity index (χ1) is 8.26. The number of ether oxygens (including phenoxy) is 1. The van der Waals surface area contributed by atoms with E-state index in [-0.39, 0.29) is 0 Å². The van der Waals surface area contributed by atoms with Crippen molar-refractivity contribution in [3.05, 3.63) is 24.1 Å². The Balaban J connectivity index is 1.96. The Kier molecular flexibility index (Phi) is 2.52. The van der Waals surface area contributed by atoms with Crippen LogP contribution in [-0.4, -0.2) is 18.1 Å². The van der Waals surface area contributed by atoms with E-state index in [1.165, 1.54) is 0 Å². The molecule has 1 aliphatic rings. The minimum Gasteiger partial charge on any atom is -0.497 e. The number of methoxy groups -OCH3 is 1. The average Bonchev–Trinajstić information content (AvgIpc) is 2.93. The third-order valence-electron chi connectivity index (χ3n) is 3.43. The van der Waals surface area contributed by atoms with Gasteiger partial charge in [-0.25, -0.2) is 4.98 Å². The highest BCUT2D eigenvalue weighted by Crippen LogP contribution is 2.35. The largest absolute Gasteiger partial charge is 0.497 e. The highest BCUT2D eigenvalue weighted by molar-refractivity contribution is 5.74. The highest BCUT2D eigenvalue weighted by atomic mass is 16.5. The number of fused-ring (bicyclic) bond motifs is 1. The Labute approximate surface area is 99.8 Å². The van der Waals surface area contributed by atoms with Crippen LogP contribution in [-0.2, 0) is 0 Å². The van der Waals surface area contributed by atoms with Crippen LogP contribution in [0, 0.1) is 0 Å². The van der Waals surface area contributed by atoms with E-state index in [4.69, 9.17) is 14.9 Å². The van der Waals surface area contributed by atoms with Crippen molar-refractivity contribution in [2.75, 3.05) is 7.11 Å². The normalized spacial score (nSPS) is 24.4. The molecule has 0 aliphatic heterocycles. The van der Waals surface area contributed by atoms with Crippen LogP contribution in [0.1, 0.15) is 31.1 Å². The van der Waals surface area contributed by atoms with E-state index in [2.05, 4.69) is 4.98 Å². The molecule has 0 amide bonds. The van der Waals surface area contributed by atoms with E-state index in [9.17, 15) is 0 Å². The van der Waals surface area contributed by atoms with Crippen LogP contribution in [0.2, 0.25) is 0 Å². The van der Waals surface area contributed by atoms with Gasteiger partial charge in [-0.05, 0) is 31.4 Å². The molecule has 1 heterocycles. The maximum atomic E-state index is 5.91. The summed E-state index contributed by atoms with van der Waals surface area (Å²) < 4.78 is 11.0. The molecular weight excluding hydrogens is 216 g/mol. The van der Waals surface area contributed by atoms with Crippen molar-refractivity contribution in [2.45, 2.75) is 31.2 Å². The van der Waals surface area contributed by atoms with E-state index in [0.717, 1.165) is 42.0 Å². The predicted octanol–water partition coefficient (Wildman–Crippen LogP) is 2.43. The number of hydrogen-bond donors (Lipinski definition) is 1. The third-order valence-corrected chi connectivity index (χ3v) is 3.43. The fourth-order valence-corrected chi connectivity index (χ4v) is 2.47. The molecule has 2 unspecified atom stereocenters. The fourth-order valence-electron chi connectivity index (χ4n) is 2.47. The van der Waals surface area contributed by atoms with E-state index < -0.39 is 0 Å². The van der Waals surface area contributed by atoms with Crippen LogP contribution in [0.3, 0.4) is 0 Å². The van der Waals surface area contributed by atoms with Gasteiger partial charge in [0.15, 0.2) is 11.5 Å². The van der Waals surface area contributed by atoms with Gasteiger partial charge in [0.2, 0.25) is 0 Å². The fraction of sp³-hybridized carbons (Fsp3) is 0.462. The van der Waals surface area contributed by atoms with E-state index in [1.54, 1.807) is 7.11 Å². The zero-order valence-corrected chi connectivity index (χ0v) is 9.85. The Bertz CT molecular complexity index is 535. The molecule has 4 nitrogen and oxygen atoms in total. The second-order valence-corrected chi connectivity index (χ2v) is 4.66. The quantitative estimate of drug-likeness (QED) is 0.863. The lowest BCUT2D eigenvalue weighted by Crippen LogP contribution is -2.14. The minimum atomic E-state index is 0.296. The molecule has 3 rings (SSSR count). The molecule has 2 N–H and O–H groups in total. The van der Waals surface area contributed by atoms with Gasteiger partial charge in [-0.3, -0.25) is 0 Å². The Morgan fingerprint density at radius 2 is 2.29 bits per heavy atom. The molecule has 4 heteroatoms. The lowest BCUT2D eigenvalue weighted by Gasteiger charge is -2.02. The summed E-state index contributed by atoms with van der Waals surface area (Å²) in [5, 5.41) is 0. The summed E-state index contributed by atoms with van der Waals surface area (Å²) in [6, 6.07) is 6.00. The summed E-state index contributed by atoms with van der Waals surface area (Å²) in [5.41, 5.74) is 7.59. The van der Waals surface area contributed by atoms with Gasteiger partial charge in [0.1, 0.15) is 11.3 Å². The molecule has 1 saturated carbocycles. The third kappa shape index (κ3) is 1.89. The SMILES string of the molecule is COc1ccc2nc(C3CCC(N)C3)oc2c1. The van der Waals surface area contributed by atoms with Crippen molar-refractivity contribution >= 4 is 11.1 Å². The Morgan fingerprint density at radius 1 is 1.41 bits per heavy atom. The van der Waals surface area contributed by atoms with Gasteiger partial charge >= 0.3 is 0 Å². The summed E-state index contributed by atoms with van der Waals surface area (Å²) in [6.07, 6.45) is 3.11. The molecule has 0 bridgehead atoms. The van der Waals surface area contributed by atoms with Crippen LogP contribution in [0.25, 0.3) is 11.1 Å². The summed E-state index contributed by atoms with van der Waals surface area (Å²) in [5.74, 6) is 1.99. The van der Waals surface area contributed by atoms with Crippen LogP contribution in [0.5, 0.6) is 5.75 Å². The smallest absolute Gasteiger partial charge is 0.198 e. The molecular formula is C13H16N2O2. The monoisotopic (exact) mass is 232 g/mol. The van der Waals surface area contributed by atoms with Crippen molar-refractivity contribution < 1.29 is 9.15 Å². The van der Waals surface area contributed by atoms with Crippen molar-refractivity contribution in [3.63, 3.8) is 0 Å². The zero-order chi connectivity index (χ0) is 11.8. The molecule has 1 aromatic heterocycles. The van der Waals surface area contributed by atoms with Gasteiger partial charge in [-0.2, -0.15) is 0 Å². The lowest BCUT2D eigenvalue weighted by atomic mass is 10.1. The van der Waals surface area contributed by atoms with Crippen molar-refractivity contribution in [2.24, 2.45) is 5.73 Å². The molecule has 1 aliphatic carbocycles. The van der Waals surface area contributed by atoms with Gasteiger partial charge < -0.3 is 14.9 Å². The van der Waals surface area contributed by atoms with Gasteiger partial charge in [0.05, 0.1) is 7.11 Å². The van der Waals surface area contributed by atoms with Crippen LogP contribution in [0.4, 0.5) is 0 Å². The van der Waals surface area contributed by atoms with Crippen LogP contribution >= 0.6 is 0 Å². The molecule has 2 atom stereocenters. The second-order valence-electron chi connectivity index (χ2n) is 4.66. The number of nitrogens with zero attached hydrogens (tertiary/aromatic N) is 1. The Hall–Kier alpha value is -1.55. The van der Waals surface area contributed by atoms with E-state index >= 15 is 0 Å². The standard InChI is InChI=1S/C13H16N2O2/c1-16-10-4-5-11-12(7-10)17-13(15-11)8-2-3-9(14)6-8/h4-5,7-9H,2-3,6,14H2,1H3. The Morgan fingerprint density at radius 3 is 3.00 bits per heavy atom. The lowest BCUT2D eigenvalue weighted by molar-refractivity contribution is 0.413. The summed E-state index contributed by atoms with van der Waals surface area (Å²) >= 11 is 0. The van der Waals surface area contributed by atoms with Gasteiger partial charge in [0, 0.05) is 18.0 Å². The molecule has 0 spiro atoms. The average molecular weight is 232 g/mol. The molecule has 17 heavy (non-hydrogen) atoms. The number of hydrogen-bond acceptors (Lipinski definition) is 4. The summed E-state index contributed by atoms with van der Waals surface area (Å²) in [4.78, 5) is 4.53. The first-order valence-corrected chi connectivity index (χ1v) is 5.96. The maximum Gasteiger partial charge on any atom is 0.198 e. The number of aromatic nitrogens is 1. The first kappa shape index (κ1) is 10.6. The first-order valence-electron chi connectivity index (χ1n) is 5.96. The number of benzene rings is 1. The van der Waals surface area contributed by atoms with E-state index in [0.29, 0.717) is 12.0 Å². The number of nitrogens with two attached hydrogens (primary N) is 1. The molecule has 1 fully saturated rings. The molecule has 2 aromatic rings. The van der Waals surface area contributed by atoms with Gasteiger partial charge in [-0.1, -0.05) is 0 Å². The predicted molar refractivity (Wildman–Crippen MR) is 65.1 cm³/mol. The molecule has 90 valence electrons. The second kappa shape index (κ2) is 4.04. The van der Waals surface area contributed by atoms with Crippen LogP contribution in [0.15, 0.2) is 22.6 Å². The van der Waals surface area contributed by atoms with Crippen molar-refractivity contribution in [3.8, 4) is 5.75 Å². The topological polar surface area (TPSA) is 61.3 Å². The molecule has 1 aromatic carbocycles. The van der Waals surface area contributed by atoms with Gasteiger partial charge in [-0.15, -0.1) is 0 Å². The van der Waals surface area contributed by atoms with Crippen molar-refractivity contribution in [1.82, 2.24) is 4.98 Å². The maximum absolute atomic E-state index is 5.91. The number of rotatable bonds is 2. The summed E-state index contributed by atoms with van der Waals surface area (Å²) in [6.45, 7) is 0. The van der Waals surface area contributed by atoms with Crippen molar-refractivity contribution in [1.29, 1.82) is 0 Å².